The lowest BCUT2D eigenvalue weighted by Crippen LogP contribution is -2.08. The van der Waals surface area contributed by atoms with Crippen LogP contribution < -0.4 is 10.7 Å². The van der Waals surface area contributed by atoms with Crippen LogP contribution >= 0.6 is 0 Å². The van der Waals surface area contributed by atoms with Crippen LogP contribution in [0.15, 0.2) is 12.1 Å². The predicted octanol–water partition coefficient (Wildman–Crippen LogP) is 0.904. The summed E-state index contributed by atoms with van der Waals surface area (Å²) in [7, 11) is 0. The van der Waals surface area contributed by atoms with Gasteiger partial charge in [-0.1, -0.05) is 6.58 Å². The normalized spacial score (nSPS) is 12.3. The molecule has 0 saturated carbocycles. The van der Waals surface area contributed by atoms with Crippen LogP contribution in [0.4, 0.5) is 0 Å². The average molecular weight is 202 g/mol. The molecule has 3 heteroatoms. The molecule has 0 amide bonds. The molecule has 0 spiro atoms. The van der Waals surface area contributed by atoms with Gasteiger partial charge in [-0.15, -0.1) is 0 Å². The molecule has 0 bridgehead atoms. The third kappa shape index (κ3) is 1.81. The molecule has 15 heavy (non-hydrogen) atoms. The van der Waals surface area contributed by atoms with Crippen molar-refractivity contribution in [2.24, 2.45) is 0 Å². The Morgan fingerprint density at radius 3 is 2.47 bits per heavy atom. The first-order valence-corrected chi connectivity index (χ1v) is 4.81. The molecule has 0 unspecified atom stereocenters. The van der Waals surface area contributed by atoms with E-state index in [1.807, 2.05) is 19.9 Å². The van der Waals surface area contributed by atoms with Crippen molar-refractivity contribution in [2.45, 2.75) is 13.8 Å². The number of aromatic nitrogens is 2. The van der Waals surface area contributed by atoms with Crippen LogP contribution in [0.3, 0.4) is 0 Å². The first-order valence-electron chi connectivity index (χ1n) is 4.81. The Morgan fingerprint density at radius 2 is 2.00 bits per heavy atom. The van der Waals surface area contributed by atoms with Crippen molar-refractivity contribution >= 4 is 12.7 Å². The van der Waals surface area contributed by atoms with E-state index >= 15 is 0 Å². The first-order chi connectivity index (χ1) is 7.06. The predicted molar refractivity (Wildman–Crippen MR) is 61.1 cm³/mol. The molecule has 0 aromatic carbocycles. The van der Waals surface area contributed by atoms with E-state index in [-0.39, 0.29) is 5.75 Å². The van der Waals surface area contributed by atoms with Crippen LogP contribution in [-0.4, -0.2) is 15.1 Å². The van der Waals surface area contributed by atoms with Crippen molar-refractivity contribution in [2.75, 3.05) is 0 Å². The highest BCUT2D eigenvalue weighted by Gasteiger charge is 2.00. The van der Waals surface area contributed by atoms with Crippen molar-refractivity contribution < 1.29 is 5.11 Å². The minimum Gasteiger partial charge on any atom is -0.506 e. The van der Waals surface area contributed by atoms with Crippen molar-refractivity contribution in [3.05, 3.63) is 39.8 Å². The van der Waals surface area contributed by atoms with Gasteiger partial charge in [0.15, 0.2) is 0 Å². The lowest BCUT2D eigenvalue weighted by atomic mass is 10.2. The fraction of sp³-hybridized carbons (Fsp3) is 0.167. The molecule has 2 aromatic rings. The van der Waals surface area contributed by atoms with E-state index in [2.05, 4.69) is 22.6 Å². The van der Waals surface area contributed by atoms with Crippen LogP contribution in [0.1, 0.15) is 17.0 Å². The van der Waals surface area contributed by atoms with Gasteiger partial charge in [-0.05, 0) is 31.6 Å². The number of H-pyrrole nitrogens is 2. The topological polar surface area (TPSA) is 51.8 Å². The van der Waals surface area contributed by atoms with E-state index in [4.69, 9.17) is 0 Å². The molecular weight excluding hydrogens is 188 g/mol. The molecule has 3 N–H and O–H groups in total. The fourth-order valence-corrected chi connectivity index (χ4v) is 1.67. The Morgan fingerprint density at radius 1 is 1.27 bits per heavy atom. The summed E-state index contributed by atoms with van der Waals surface area (Å²) in [5, 5.41) is 11.0. The van der Waals surface area contributed by atoms with Crippen molar-refractivity contribution in [3.8, 4) is 5.75 Å². The van der Waals surface area contributed by atoms with Gasteiger partial charge in [0.05, 0.1) is 5.35 Å². The second kappa shape index (κ2) is 3.35. The average Bonchev–Trinajstić information content (AvgIpc) is 2.58. The van der Waals surface area contributed by atoms with Crippen LogP contribution in [0, 0.1) is 13.8 Å². The monoisotopic (exact) mass is 202 g/mol. The van der Waals surface area contributed by atoms with Crippen LogP contribution in [0.5, 0.6) is 5.75 Å². The molecule has 0 saturated heterocycles. The maximum absolute atomic E-state index is 9.57. The maximum atomic E-state index is 9.57. The number of aryl methyl sites for hydroxylation is 2. The summed E-state index contributed by atoms with van der Waals surface area (Å²) in [6, 6.07) is 3.67. The number of rotatable bonds is 1. The quantitative estimate of drug-likeness (QED) is 0.632. The molecule has 0 fully saturated rings. The van der Waals surface area contributed by atoms with E-state index in [1.165, 1.54) is 0 Å². The lowest BCUT2D eigenvalue weighted by molar-refractivity contribution is 0.471. The van der Waals surface area contributed by atoms with Crippen LogP contribution in [-0.2, 0) is 0 Å². The zero-order valence-electron chi connectivity index (χ0n) is 8.89. The molecule has 0 aliphatic carbocycles. The Balaban J connectivity index is 2.60. The van der Waals surface area contributed by atoms with E-state index < -0.39 is 0 Å². The van der Waals surface area contributed by atoms with Gasteiger partial charge in [0.25, 0.3) is 0 Å². The minimum absolute atomic E-state index is 0.228. The highest BCUT2D eigenvalue weighted by atomic mass is 16.3. The Kier molecular flexibility index (Phi) is 2.15. The fourth-order valence-electron chi connectivity index (χ4n) is 1.67. The molecule has 0 aliphatic heterocycles. The smallest absolute Gasteiger partial charge is 0.141 e. The lowest BCUT2D eigenvalue weighted by Gasteiger charge is -1.89. The minimum atomic E-state index is 0.228. The highest BCUT2D eigenvalue weighted by Crippen LogP contribution is 2.09. The van der Waals surface area contributed by atoms with Gasteiger partial charge in [-0.25, -0.2) is 0 Å². The summed E-state index contributed by atoms with van der Waals surface area (Å²) in [5.74, 6) is 0.228. The van der Waals surface area contributed by atoms with Crippen molar-refractivity contribution in [3.63, 3.8) is 0 Å². The van der Waals surface area contributed by atoms with Gasteiger partial charge in [-0.3, -0.25) is 0 Å². The summed E-state index contributed by atoms with van der Waals surface area (Å²) in [6.07, 6.45) is 1.88. The molecular formula is C12H14N2O. The number of aromatic amines is 2. The van der Waals surface area contributed by atoms with Crippen LogP contribution in [0.25, 0.3) is 12.7 Å². The van der Waals surface area contributed by atoms with E-state index in [0.717, 1.165) is 17.0 Å². The molecule has 78 valence electrons. The van der Waals surface area contributed by atoms with Gasteiger partial charge in [0.2, 0.25) is 0 Å². The van der Waals surface area contributed by atoms with Gasteiger partial charge >= 0.3 is 0 Å². The van der Waals surface area contributed by atoms with Crippen LogP contribution in [0.2, 0.25) is 0 Å². The maximum Gasteiger partial charge on any atom is 0.141 e. The van der Waals surface area contributed by atoms with Crippen molar-refractivity contribution in [1.82, 2.24) is 9.97 Å². The summed E-state index contributed by atoms with van der Waals surface area (Å²) in [6.45, 7) is 7.76. The summed E-state index contributed by atoms with van der Waals surface area (Å²) >= 11 is 0. The van der Waals surface area contributed by atoms with Crippen molar-refractivity contribution in [1.29, 1.82) is 0 Å². The number of nitrogens with one attached hydrogen (secondary N) is 2. The zero-order chi connectivity index (χ0) is 11.0. The molecule has 2 aromatic heterocycles. The Bertz CT molecular complexity index is 590. The SMILES string of the molecule is C=c1cc(O)c(=Cc2[nH]c(C)cc2C)[nH]1. The molecule has 3 nitrogen and oxygen atoms in total. The summed E-state index contributed by atoms with van der Waals surface area (Å²) < 4.78 is 0. The third-order valence-electron chi connectivity index (χ3n) is 2.36. The zero-order valence-corrected chi connectivity index (χ0v) is 8.89. The molecule has 0 atom stereocenters. The van der Waals surface area contributed by atoms with E-state index in [9.17, 15) is 5.11 Å². The van der Waals surface area contributed by atoms with E-state index in [0.29, 0.717) is 10.7 Å². The second-order valence-electron chi connectivity index (χ2n) is 3.79. The number of hydrogen-bond acceptors (Lipinski definition) is 1. The molecule has 0 radical (unpaired) electrons. The largest absolute Gasteiger partial charge is 0.506 e. The highest BCUT2D eigenvalue weighted by molar-refractivity contribution is 5.51. The van der Waals surface area contributed by atoms with Gasteiger partial charge in [0, 0.05) is 22.8 Å². The molecule has 2 rings (SSSR count). The standard InChI is InChI=1S/C12H14N2O/c1-7-4-8(2)13-10(7)6-11-12(15)5-9(3)14-11/h4-6,13-15H,3H2,1-2H3. The second-order valence-corrected chi connectivity index (χ2v) is 3.79. The molecule has 0 aliphatic rings. The number of aromatic hydroxyl groups is 1. The van der Waals surface area contributed by atoms with E-state index in [1.54, 1.807) is 6.07 Å². The van der Waals surface area contributed by atoms with Gasteiger partial charge < -0.3 is 15.1 Å². The summed E-state index contributed by atoms with van der Waals surface area (Å²) in [4.78, 5) is 6.21. The Labute approximate surface area is 87.8 Å². The summed E-state index contributed by atoms with van der Waals surface area (Å²) in [5.41, 5.74) is 3.27. The molecule has 2 heterocycles. The number of hydrogen-bond donors (Lipinski definition) is 3. The first kappa shape index (κ1) is 9.65. The van der Waals surface area contributed by atoms with Gasteiger partial charge in [-0.2, -0.15) is 0 Å². The third-order valence-corrected chi connectivity index (χ3v) is 2.36. The van der Waals surface area contributed by atoms with Gasteiger partial charge in [0.1, 0.15) is 5.75 Å². The Hall–Kier alpha value is -1.90.